The highest BCUT2D eigenvalue weighted by Gasteiger charge is 2.15. The molecule has 2 aromatic heterocycles. The fourth-order valence-electron chi connectivity index (χ4n) is 1.59. The van der Waals surface area contributed by atoms with Crippen molar-refractivity contribution in [3.05, 3.63) is 48.2 Å². The summed E-state index contributed by atoms with van der Waals surface area (Å²) in [6, 6.07) is 7.07. The molecule has 0 aromatic carbocycles. The number of carboxylic acid groups (broad SMARTS) is 1. The molecule has 0 saturated heterocycles. The van der Waals surface area contributed by atoms with E-state index in [9.17, 15) is 4.79 Å². The first-order chi connectivity index (χ1) is 8.18. The SMILES string of the molecule is CN(Cc1ccco1)c1cccnc1C(=O)O. The molecule has 17 heavy (non-hydrogen) atoms. The number of carbonyl (C=O) groups is 1. The van der Waals surface area contributed by atoms with Gasteiger partial charge in [-0.05, 0) is 24.3 Å². The Morgan fingerprint density at radius 1 is 1.47 bits per heavy atom. The first kappa shape index (κ1) is 11.2. The van der Waals surface area contributed by atoms with Crippen LogP contribution in [0, 0.1) is 0 Å². The van der Waals surface area contributed by atoms with Gasteiger partial charge in [0, 0.05) is 13.2 Å². The normalized spacial score (nSPS) is 10.2. The number of aromatic nitrogens is 1. The minimum absolute atomic E-state index is 0.0431. The zero-order chi connectivity index (χ0) is 12.3. The summed E-state index contributed by atoms with van der Waals surface area (Å²) >= 11 is 0. The van der Waals surface area contributed by atoms with Crippen molar-refractivity contribution in [2.45, 2.75) is 6.54 Å². The van der Waals surface area contributed by atoms with Crippen LogP contribution in [0.3, 0.4) is 0 Å². The van der Waals surface area contributed by atoms with Gasteiger partial charge in [-0.2, -0.15) is 0 Å². The number of furan rings is 1. The predicted molar refractivity (Wildman–Crippen MR) is 62.0 cm³/mol. The summed E-state index contributed by atoms with van der Waals surface area (Å²) in [7, 11) is 1.80. The van der Waals surface area contributed by atoms with E-state index in [2.05, 4.69) is 4.98 Å². The minimum atomic E-state index is -1.04. The van der Waals surface area contributed by atoms with Crippen LogP contribution in [0.15, 0.2) is 41.1 Å². The van der Waals surface area contributed by atoms with E-state index in [1.54, 1.807) is 36.4 Å². The van der Waals surface area contributed by atoms with Gasteiger partial charge < -0.3 is 14.4 Å². The van der Waals surface area contributed by atoms with Crippen LogP contribution in [0.2, 0.25) is 0 Å². The van der Waals surface area contributed by atoms with Crippen molar-refractivity contribution in [1.29, 1.82) is 0 Å². The molecule has 0 saturated carbocycles. The van der Waals surface area contributed by atoms with Gasteiger partial charge in [0.2, 0.25) is 0 Å². The zero-order valence-corrected chi connectivity index (χ0v) is 9.33. The summed E-state index contributed by atoms with van der Waals surface area (Å²) in [6.07, 6.45) is 3.05. The quantitative estimate of drug-likeness (QED) is 0.873. The number of hydrogen-bond acceptors (Lipinski definition) is 4. The molecule has 0 unspecified atom stereocenters. The number of pyridine rings is 1. The van der Waals surface area contributed by atoms with Crippen LogP contribution in [0.1, 0.15) is 16.2 Å². The number of rotatable bonds is 4. The van der Waals surface area contributed by atoms with E-state index in [0.29, 0.717) is 12.2 Å². The van der Waals surface area contributed by atoms with E-state index in [4.69, 9.17) is 9.52 Å². The van der Waals surface area contributed by atoms with E-state index in [-0.39, 0.29) is 5.69 Å². The molecule has 2 heterocycles. The molecule has 5 heteroatoms. The third kappa shape index (κ3) is 2.44. The number of hydrogen-bond donors (Lipinski definition) is 1. The third-order valence-corrected chi connectivity index (χ3v) is 2.37. The minimum Gasteiger partial charge on any atom is -0.476 e. The first-order valence-corrected chi connectivity index (χ1v) is 5.10. The van der Waals surface area contributed by atoms with Crippen molar-refractivity contribution in [3.8, 4) is 0 Å². The highest BCUT2D eigenvalue weighted by atomic mass is 16.4. The molecule has 0 atom stereocenters. The topological polar surface area (TPSA) is 66.6 Å². The van der Waals surface area contributed by atoms with Gasteiger partial charge in [0.25, 0.3) is 0 Å². The second-order valence-corrected chi connectivity index (χ2v) is 3.61. The number of anilines is 1. The summed E-state index contributed by atoms with van der Waals surface area (Å²) < 4.78 is 5.22. The number of nitrogens with zero attached hydrogens (tertiary/aromatic N) is 2. The van der Waals surface area contributed by atoms with Crippen molar-refractivity contribution < 1.29 is 14.3 Å². The molecule has 0 radical (unpaired) electrons. The fourth-order valence-corrected chi connectivity index (χ4v) is 1.59. The van der Waals surface area contributed by atoms with Crippen molar-refractivity contribution in [3.63, 3.8) is 0 Å². The lowest BCUT2D eigenvalue weighted by Crippen LogP contribution is -2.19. The smallest absolute Gasteiger partial charge is 0.356 e. The van der Waals surface area contributed by atoms with E-state index in [1.165, 1.54) is 6.20 Å². The summed E-state index contributed by atoms with van der Waals surface area (Å²) in [6.45, 7) is 0.499. The maximum Gasteiger partial charge on any atom is 0.356 e. The van der Waals surface area contributed by atoms with Crippen molar-refractivity contribution in [2.24, 2.45) is 0 Å². The Balaban J connectivity index is 2.24. The Bertz CT molecular complexity index is 508. The van der Waals surface area contributed by atoms with E-state index < -0.39 is 5.97 Å². The van der Waals surface area contributed by atoms with Gasteiger partial charge >= 0.3 is 5.97 Å². The summed E-state index contributed by atoms with van der Waals surface area (Å²) in [5.41, 5.74) is 0.609. The molecule has 2 aromatic rings. The largest absolute Gasteiger partial charge is 0.476 e. The van der Waals surface area contributed by atoms with Crippen LogP contribution >= 0.6 is 0 Å². The maximum atomic E-state index is 11.0. The van der Waals surface area contributed by atoms with Crippen LogP contribution in [0.4, 0.5) is 5.69 Å². The molecule has 0 bridgehead atoms. The Labute approximate surface area is 98.3 Å². The number of aromatic carboxylic acids is 1. The summed E-state index contributed by atoms with van der Waals surface area (Å²) in [4.78, 5) is 16.7. The van der Waals surface area contributed by atoms with Crippen molar-refractivity contribution >= 4 is 11.7 Å². The Morgan fingerprint density at radius 2 is 2.29 bits per heavy atom. The van der Waals surface area contributed by atoms with E-state index in [1.807, 2.05) is 6.07 Å². The standard InChI is InChI=1S/C12H12N2O3/c1-14(8-9-4-3-7-17-9)10-5-2-6-13-11(10)12(15)16/h2-7H,8H2,1H3,(H,15,16). The summed E-state index contributed by atoms with van der Waals surface area (Å²) in [5.74, 6) is -0.264. The van der Waals surface area contributed by atoms with Gasteiger partial charge in [-0.25, -0.2) is 9.78 Å². The molecular formula is C12H12N2O3. The molecule has 0 spiro atoms. The molecule has 5 nitrogen and oxygen atoms in total. The average Bonchev–Trinajstić information content (AvgIpc) is 2.81. The lowest BCUT2D eigenvalue weighted by Gasteiger charge is -2.18. The third-order valence-electron chi connectivity index (χ3n) is 2.37. The molecule has 2 rings (SSSR count). The van der Waals surface area contributed by atoms with Crippen LogP contribution in [0.25, 0.3) is 0 Å². The lowest BCUT2D eigenvalue weighted by atomic mass is 10.2. The van der Waals surface area contributed by atoms with Gasteiger partial charge in [0.1, 0.15) is 5.76 Å². The van der Waals surface area contributed by atoms with Gasteiger partial charge in [0.15, 0.2) is 5.69 Å². The van der Waals surface area contributed by atoms with Crippen LogP contribution in [-0.2, 0) is 6.54 Å². The Morgan fingerprint density at radius 3 is 2.94 bits per heavy atom. The molecule has 0 aliphatic carbocycles. The van der Waals surface area contributed by atoms with E-state index >= 15 is 0 Å². The van der Waals surface area contributed by atoms with Crippen molar-refractivity contribution in [1.82, 2.24) is 4.98 Å². The molecule has 0 aliphatic heterocycles. The first-order valence-electron chi connectivity index (χ1n) is 5.10. The van der Waals surface area contributed by atoms with Crippen LogP contribution in [-0.4, -0.2) is 23.1 Å². The maximum absolute atomic E-state index is 11.0. The average molecular weight is 232 g/mol. The van der Waals surface area contributed by atoms with Gasteiger partial charge in [-0.15, -0.1) is 0 Å². The van der Waals surface area contributed by atoms with Gasteiger partial charge in [0.05, 0.1) is 18.5 Å². The highest BCUT2D eigenvalue weighted by molar-refractivity contribution is 5.92. The monoisotopic (exact) mass is 232 g/mol. The summed E-state index contributed by atoms with van der Waals surface area (Å²) in [5, 5.41) is 9.03. The second kappa shape index (κ2) is 4.69. The van der Waals surface area contributed by atoms with Crippen LogP contribution in [0.5, 0.6) is 0 Å². The van der Waals surface area contributed by atoms with Crippen LogP contribution < -0.4 is 4.90 Å². The molecule has 1 N–H and O–H groups in total. The van der Waals surface area contributed by atoms with Crippen molar-refractivity contribution in [2.75, 3.05) is 11.9 Å². The second-order valence-electron chi connectivity index (χ2n) is 3.61. The highest BCUT2D eigenvalue weighted by Crippen LogP contribution is 2.19. The van der Waals surface area contributed by atoms with Gasteiger partial charge in [-0.3, -0.25) is 0 Å². The Hall–Kier alpha value is -2.30. The predicted octanol–water partition coefficient (Wildman–Crippen LogP) is 2.01. The molecule has 0 amide bonds. The lowest BCUT2D eigenvalue weighted by molar-refractivity contribution is 0.0691. The fraction of sp³-hybridized carbons (Fsp3) is 0.167. The molecule has 0 aliphatic rings. The zero-order valence-electron chi connectivity index (χ0n) is 9.33. The Kier molecular flexibility index (Phi) is 3.09. The van der Waals surface area contributed by atoms with E-state index in [0.717, 1.165) is 5.76 Å². The molecular weight excluding hydrogens is 220 g/mol. The number of carboxylic acids is 1. The molecule has 88 valence electrons. The van der Waals surface area contributed by atoms with Gasteiger partial charge in [-0.1, -0.05) is 0 Å². The molecule has 0 fully saturated rings.